The zero-order valence-corrected chi connectivity index (χ0v) is 38.0. The molecule has 1 heterocycles. The van der Waals surface area contributed by atoms with Crippen LogP contribution in [0.3, 0.4) is 0 Å². The van der Waals surface area contributed by atoms with Gasteiger partial charge in [0.1, 0.15) is 18.1 Å². The monoisotopic (exact) mass is 774 g/mol. The predicted molar refractivity (Wildman–Crippen MR) is 244 cm³/mol. The van der Waals surface area contributed by atoms with Crippen molar-refractivity contribution >= 4 is 0 Å². The maximum Gasteiger partial charge on any atom is 0.134 e. The van der Waals surface area contributed by atoms with Crippen molar-refractivity contribution < 1.29 is 4.74 Å². The summed E-state index contributed by atoms with van der Waals surface area (Å²) >= 11 is 0. The molecule has 6 aromatic rings. The highest BCUT2D eigenvalue weighted by molar-refractivity contribution is 5.61. The summed E-state index contributed by atoms with van der Waals surface area (Å²) in [5.74, 6) is 0.784. The Morgan fingerprint density at radius 1 is 0.397 bits per heavy atom. The van der Waals surface area contributed by atoms with E-state index in [1.54, 1.807) is 0 Å². The molecule has 0 fully saturated rings. The maximum atomic E-state index is 6.43. The van der Waals surface area contributed by atoms with E-state index in [0.29, 0.717) is 6.61 Å². The summed E-state index contributed by atoms with van der Waals surface area (Å²) in [6, 6.07) is 43.4. The second kappa shape index (κ2) is 15.3. The van der Waals surface area contributed by atoms with Crippen molar-refractivity contribution in [2.24, 2.45) is 0 Å². The fraction of sp³-hybridized carbons (Fsp3) is 0.407. The Labute approximate surface area is 350 Å². The quantitative estimate of drug-likeness (QED) is 0.145. The van der Waals surface area contributed by atoms with Crippen LogP contribution in [-0.4, -0.2) is 15.0 Å². The number of hydrogen-bond donors (Lipinski definition) is 0. The van der Waals surface area contributed by atoms with Crippen molar-refractivity contribution in [1.29, 1.82) is 0 Å². The van der Waals surface area contributed by atoms with E-state index in [-0.39, 0.29) is 27.1 Å². The zero-order chi connectivity index (χ0) is 42.5. The Kier molecular flexibility index (Phi) is 11.3. The van der Waals surface area contributed by atoms with E-state index in [9.17, 15) is 0 Å². The molecule has 0 atom stereocenters. The smallest absolute Gasteiger partial charge is 0.134 e. The summed E-state index contributed by atoms with van der Waals surface area (Å²) in [5.41, 5.74) is 12.7. The predicted octanol–water partition coefficient (Wildman–Crippen LogP) is 13.7. The summed E-state index contributed by atoms with van der Waals surface area (Å²) in [6.07, 6.45) is 1.98. The molecule has 0 aliphatic rings. The lowest BCUT2D eigenvalue weighted by molar-refractivity contribution is 0.301. The lowest BCUT2D eigenvalue weighted by Crippen LogP contribution is -2.31. The van der Waals surface area contributed by atoms with E-state index in [1.165, 1.54) is 50.1 Å². The third-order valence-electron chi connectivity index (χ3n) is 11.7. The van der Waals surface area contributed by atoms with E-state index in [0.717, 1.165) is 17.1 Å². The molecule has 0 aliphatic carbocycles. The molecule has 0 aliphatic heterocycles. The largest absolute Gasteiger partial charge is 0.487 e. The van der Waals surface area contributed by atoms with E-state index < -0.39 is 5.41 Å². The molecule has 0 bridgehead atoms. The minimum atomic E-state index is -0.585. The van der Waals surface area contributed by atoms with Gasteiger partial charge in [0, 0.05) is 0 Å². The summed E-state index contributed by atoms with van der Waals surface area (Å²) in [6.45, 7) is 34.3. The van der Waals surface area contributed by atoms with Crippen LogP contribution in [-0.2, 0) is 39.1 Å². The molecule has 0 spiro atoms. The second-order valence-corrected chi connectivity index (χ2v) is 21.5. The van der Waals surface area contributed by atoms with E-state index in [4.69, 9.17) is 4.74 Å². The maximum absolute atomic E-state index is 6.43. The fourth-order valence-electron chi connectivity index (χ4n) is 7.72. The SMILES string of the molecule is CC(C)(C)c1ccc(C(c2ccc(OCc3cn(-c4cc(C(C)(C)C)cc(C(C)(C)C)c4)nn3)cc2)(c2ccc(C(C)(C)C)cc2)c2ccc(C(C)(C)C)cc2)cc1. The molecule has 0 saturated heterocycles. The molecule has 0 radical (unpaired) electrons. The van der Waals surface area contributed by atoms with Crippen molar-refractivity contribution in [3.63, 3.8) is 0 Å². The molecular formula is C54H67N3O. The summed E-state index contributed by atoms with van der Waals surface area (Å²) in [4.78, 5) is 0. The lowest BCUT2D eigenvalue weighted by Gasteiger charge is -2.38. The Morgan fingerprint density at radius 3 is 1.03 bits per heavy atom. The molecule has 4 nitrogen and oxygen atoms in total. The molecule has 0 amide bonds. The fourth-order valence-corrected chi connectivity index (χ4v) is 7.72. The van der Waals surface area contributed by atoms with Crippen LogP contribution in [0.5, 0.6) is 5.75 Å². The van der Waals surface area contributed by atoms with Crippen LogP contribution >= 0.6 is 0 Å². The van der Waals surface area contributed by atoms with Crippen LogP contribution in [0.2, 0.25) is 0 Å². The molecule has 4 heteroatoms. The Morgan fingerprint density at radius 2 is 0.707 bits per heavy atom. The van der Waals surface area contributed by atoms with Crippen molar-refractivity contribution in [2.45, 2.75) is 143 Å². The van der Waals surface area contributed by atoms with Gasteiger partial charge >= 0.3 is 0 Å². The molecule has 58 heavy (non-hydrogen) atoms. The lowest BCUT2D eigenvalue weighted by atomic mass is 9.64. The highest BCUT2D eigenvalue weighted by atomic mass is 16.5. The molecule has 0 N–H and O–H groups in total. The number of rotatable bonds is 8. The zero-order valence-electron chi connectivity index (χ0n) is 38.0. The van der Waals surface area contributed by atoms with E-state index >= 15 is 0 Å². The molecule has 0 saturated carbocycles. The first-order valence-electron chi connectivity index (χ1n) is 21.0. The van der Waals surface area contributed by atoms with Crippen molar-refractivity contribution in [3.05, 3.63) is 177 Å². The van der Waals surface area contributed by atoms with E-state index in [2.05, 4.69) is 229 Å². The highest BCUT2D eigenvalue weighted by Crippen LogP contribution is 2.47. The number of aromatic nitrogens is 3. The Balaban J connectivity index is 1.40. The van der Waals surface area contributed by atoms with Gasteiger partial charge in [-0.1, -0.05) is 200 Å². The Hall–Kier alpha value is -4.96. The average Bonchev–Trinajstić information content (AvgIpc) is 3.63. The normalized spacial score (nSPS) is 13.2. The molecular weight excluding hydrogens is 707 g/mol. The van der Waals surface area contributed by atoms with Crippen molar-refractivity contribution in [3.8, 4) is 11.4 Å². The van der Waals surface area contributed by atoms with Gasteiger partial charge < -0.3 is 4.74 Å². The van der Waals surface area contributed by atoms with Crippen LogP contribution in [0.1, 0.15) is 160 Å². The van der Waals surface area contributed by atoms with E-state index in [1.807, 2.05) is 10.9 Å². The van der Waals surface area contributed by atoms with Gasteiger partial charge in [-0.15, -0.1) is 5.10 Å². The topological polar surface area (TPSA) is 39.9 Å². The number of hydrogen-bond acceptors (Lipinski definition) is 3. The van der Waals surface area contributed by atoms with Crippen LogP contribution in [0.15, 0.2) is 121 Å². The minimum absolute atomic E-state index is 0.00785. The van der Waals surface area contributed by atoms with Gasteiger partial charge in [-0.05, 0) is 101 Å². The minimum Gasteiger partial charge on any atom is -0.487 e. The van der Waals surface area contributed by atoms with Gasteiger partial charge in [-0.3, -0.25) is 0 Å². The first kappa shape index (κ1) is 42.6. The van der Waals surface area contributed by atoms with Gasteiger partial charge in [0.2, 0.25) is 0 Å². The third kappa shape index (κ3) is 9.02. The molecule has 1 aromatic heterocycles. The standard InChI is InChI=1S/C54H67N3O/c1-49(2,3)37-16-22-40(23-17-37)54(41-24-18-38(19-25-41)50(4,5)6,42-26-20-39(21-27-42)51(7,8)9)43-28-30-48(31-29-43)58-36-46-35-57(56-55-46)47-33-44(52(10,11)12)32-45(34-47)53(13,14)15/h16-35H,36H2,1-15H3. The van der Waals surface area contributed by atoms with Gasteiger partial charge in [-0.2, -0.15) is 0 Å². The van der Waals surface area contributed by atoms with Crippen molar-refractivity contribution in [1.82, 2.24) is 15.0 Å². The average molecular weight is 774 g/mol. The third-order valence-corrected chi connectivity index (χ3v) is 11.7. The summed E-state index contributed by atoms with van der Waals surface area (Å²) in [5, 5.41) is 9.07. The van der Waals surface area contributed by atoms with Crippen LogP contribution in [0, 0.1) is 0 Å². The van der Waals surface area contributed by atoms with Gasteiger partial charge in [0.25, 0.3) is 0 Å². The second-order valence-electron chi connectivity index (χ2n) is 21.5. The van der Waals surface area contributed by atoms with Gasteiger partial charge in [-0.25, -0.2) is 4.68 Å². The summed E-state index contributed by atoms with van der Waals surface area (Å²) in [7, 11) is 0. The van der Waals surface area contributed by atoms with Gasteiger partial charge in [0.05, 0.1) is 17.3 Å². The Bertz CT molecular complexity index is 2140. The van der Waals surface area contributed by atoms with Crippen molar-refractivity contribution in [2.75, 3.05) is 0 Å². The van der Waals surface area contributed by atoms with Crippen LogP contribution < -0.4 is 4.74 Å². The van der Waals surface area contributed by atoms with Crippen LogP contribution in [0.4, 0.5) is 0 Å². The highest BCUT2D eigenvalue weighted by Gasteiger charge is 2.39. The number of nitrogens with zero attached hydrogens (tertiary/aromatic N) is 3. The van der Waals surface area contributed by atoms with Crippen LogP contribution in [0.25, 0.3) is 5.69 Å². The molecule has 304 valence electrons. The first-order valence-corrected chi connectivity index (χ1v) is 21.0. The molecule has 6 rings (SSSR count). The summed E-state index contributed by atoms with van der Waals surface area (Å²) < 4.78 is 8.30. The number of benzene rings is 5. The molecule has 0 unspecified atom stereocenters. The first-order chi connectivity index (χ1) is 26.9. The van der Waals surface area contributed by atoms with Gasteiger partial charge in [0.15, 0.2) is 0 Å². The molecule has 5 aromatic carbocycles. The number of ether oxygens (including phenoxy) is 1.